The van der Waals surface area contributed by atoms with E-state index in [2.05, 4.69) is 45.0 Å². The molecule has 3 saturated heterocycles. The van der Waals surface area contributed by atoms with Crippen molar-refractivity contribution in [3.63, 3.8) is 0 Å². The van der Waals surface area contributed by atoms with Crippen LogP contribution in [0.2, 0.25) is 0 Å². The molecular weight excluding hydrogens is 464 g/mol. The van der Waals surface area contributed by atoms with Gasteiger partial charge in [-0.1, -0.05) is 12.1 Å². The number of nitrogens with zero attached hydrogens (tertiary/aromatic N) is 4. The van der Waals surface area contributed by atoms with E-state index in [1.54, 1.807) is 0 Å². The third-order valence-corrected chi connectivity index (χ3v) is 8.47. The van der Waals surface area contributed by atoms with Gasteiger partial charge >= 0.3 is 0 Å². The summed E-state index contributed by atoms with van der Waals surface area (Å²) in [4.78, 5) is 26.3. The van der Waals surface area contributed by atoms with E-state index in [1.807, 2.05) is 12.1 Å². The molecule has 37 heavy (non-hydrogen) atoms. The van der Waals surface area contributed by atoms with Crippen LogP contribution in [0.5, 0.6) is 11.5 Å². The van der Waals surface area contributed by atoms with Gasteiger partial charge in [0.2, 0.25) is 6.79 Å². The fraction of sp³-hybridized carbons (Fsp3) is 0.467. The zero-order valence-electron chi connectivity index (χ0n) is 21.3. The van der Waals surface area contributed by atoms with Crippen molar-refractivity contribution in [1.82, 2.24) is 14.8 Å². The highest BCUT2D eigenvalue weighted by molar-refractivity contribution is 6.08. The van der Waals surface area contributed by atoms with Crippen LogP contribution in [0.4, 0.5) is 5.82 Å². The molecule has 7 rings (SSSR count). The molecule has 2 aromatic carbocycles. The average molecular weight is 499 g/mol. The Kier molecular flexibility index (Phi) is 5.88. The van der Waals surface area contributed by atoms with Crippen molar-refractivity contribution in [1.29, 1.82) is 0 Å². The summed E-state index contributed by atoms with van der Waals surface area (Å²) >= 11 is 0. The number of fused-ring (bicyclic) bond motifs is 2. The van der Waals surface area contributed by atoms with Crippen LogP contribution in [-0.4, -0.2) is 72.8 Å². The largest absolute Gasteiger partial charge is 0.454 e. The molecule has 1 aromatic heterocycles. The standard InChI is InChI=1S/C30H34N4O3/c35-30(34-15-5-6-23(34)19-32-11-1-2-12-32)25-18-29(33-13-3-4-14-33)31-26-9-7-21(16-24(25)26)22-8-10-27-28(17-22)37-20-36-27/h7-10,16-18,23H,1-6,11-15,19-20H2/t23-/m0/s1. The molecule has 0 saturated carbocycles. The summed E-state index contributed by atoms with van der Waals surface area (Å²) in [6, 6.07) is 14.7. The van der Waals surface area contributed by atoms with E-state index in [0.717, 1.165) is 97.0 Å². The topological polar surface area (TPSA) is 58.1 Å². The second kappa shape index (κ2) is 9.53. The van der Waals surface area contributed by atoms with Crippen LogP contribution in [0.15, 0.2) is 42.5 Å². The van der Waals surface area contributed by atoms with E-state index >= 15 is 0 Å². The van der Waals surface area contributed by atoms with E-state index in [4.69, 9.17) is 14.5 Å². The number of hydrogen-bond acceptors (Lipinski definition) is 6. The lowest BCUT2D eigenvalue weighted by molar-refractivity contribution is 0.0710. The van der Waals surface area contributed by atoms with Gasteiger partial charge in [0.1, 0.15) is 5.82 Å². The molecule has 7 nitrogen and oxygen atoms in total. The lowest BCUT2D eigenvalue weighted by atomic mass is 9.99. The van der Waals surface area contributed by atoms with Gasteiger partial charge in [-0.05, 0) is 93.1 Å². The number of hydrogen-bond donors (Lipinski definition) is 0. The van der Waals surface area contributed by atoms with Crippen LogP contribution < -0.4 is 14.4 Å². The molecule has 1 amide bonds. The highest BCUT2D eigenvalue weighted by Crippen LogP contribution is 2.37. The second-order valence-corrected chi connectivity index (χ2v) is 10.8. The zero-order chi connectivity index (χ0) is 24.8. The molecule has 0 unspecified atom stereocenters. The first-order valence-corrected chi connectivity index (χ1v) is 13.9. The molecule has 0 bridgehead atoms. The Labute approximate surface area is 218 Å². The number of ether oxygens (including phenoxy) is 2. The van der Waals surface area contributed by atoms with Crippen LogP contribution in [0.25, 0.3) is 22.0 Å². The number of aromatic nitrogens is 1. The Balaban J connectivity index is 1.28. The third-order valence-electron chi connectivity index (χ3n) is 8.47. The van der Waals surface area contributed by atoms with Gasteiger partial charge in [0.15, 0.2) is 11.5 Å². The van der Waals surface area contributed by atoms with Crippen LogP contribution in [0.3, 0.4) is 0 Å². The summed E-state index contributed by atoms with van der Waals surface area (Å²) < 4.78 is 11.1. The Hall–Kier alpha value is -3.32. The molecule has 0 spiro atoms. The van der Waals surface area contributed by atoms with E-state index in [1.165, 1.54) is 25.7 Å². The van der Waals surface area contributed by atoms with E-state index in [9.17, 15) is 4.79 Å². The summed E-state index contributed by atoms with van der Waals surface area (Å²) in [6.07, 6.45) is 7.07. The SMILES string of the molecule is O=C(c1cc(N2CCCC2)nc2ccc(-c3ccc4c(c3)OCO4)cc12)N1CCC[C@H]1CN1CCCC1. The van der Waals surface area contributed by atoms with Gasteiger partial charge in [0.25, 0.3) is 5.91 Å². The van der Waals surface area contributed by atoms with Gasteiger partial charge in [-0.3, -0.25) is 4.79 Å². The van der Waals surface area contributed by atoms with E-state index in [-0.39, 0.29) is 12.7 Å². The van der Waals surface area contributed by atoms with Crippen LogP contribution in [0, 0.1) is 0 Å². The highest BCUT2D eigenvalue weighted by atomic mass is 16.7. The second-order valence-electron chi connectivity index (χ2n) is 10.8. The van der Waals surface area contributed by atoms with Crippen molar-refractivity contribution < 1.29 is 14.3 Å². The smallest absolute Gasteiger partial charge is 0.254 e. The molecule has 0 radical (unpaired) electrons. The first-order chi connectivity index (χ1) is 18.2. The molecular formula is C30H34N4O3. The van der Waals surface area contributed by atoms with Gasteiger partial charge in [-0.25, -0.2) is 4.98 Å². The minimum atomic E-state index is 0.150. The molecule has 3 fully saturated rings. The van der Waals surface area contributed by atoms with Gasteiger partial charge < -0.3 is 24.2 Å². The van der Waals surface area contributed by atoms with Crippen LogP contribution >= 0.6 is 0 Å². The van der Waals surface area contributed by atoms with Crippen molar-refractivity contribution in [3.8, 4) is 22.6 Å². The molecule has 0 aliphatic carbocycles. The summed E-state index contributed by atoms with van der Waals surface area (Å²) in [6.45, 7) is 6.42. The molecule has 7 heteroatoms. The maximum Gasteiger partial charge on any atom is 0.254 e. The number of carbonyl (C=O) groups excluding carboxylic acids is 1. The first-order valence-electron chi connectivity index (χ1n) is 13.9. The maximum atomic E-state index is 14.2. The lowest BCUT2D eigenvalue weighted by Gasteiger charge is -2.29. The van der Waals surface area contributed by atoms with Crippen LogP contribution in [0.1, 0.15) is 48.9 Å². The minimum absolute atomic E-state index is 0.150. The van der Waals surface area contributed by atoms with E-state index in [0.29, 0.717) is 6.04 Å². The van der Waals surface area contributed by atoms with Gasteiger partial charge in [-0.15, -0.1) is 0 Å². The minimum Gasteiger partial charge on any atom is -0.454 e. The zero-order valence-corrected chi connectivity index (χ0v) is 21.3. The van der Waals surface area contributed by atoms with Gasteiger partial charge in [-0.2, -0.15) is 0 Å². The Morgan fingerprint density at radius 3 is 2.46 bits per heavy atom. The molecule has 3 aromatic rings. The van der Waals surface area contributed by atoms with Crippen molar-refractivity contribution in [2.45, 2.75) is 44.6 Å². The van der Waals surface area contributed by atoms with Crippen molar-refractivity contribution in [3.05, 3.63) is 48.0 Å². The van der Waals surface area contributed by atoms with Crippen molar-refractivity contribution in [2.75, 3.05) is 51.0 Å². The monoisotopic (exact) mass is 498 g/mol. The fourth-order valence-electron chi connectivity index (χ4n) is 6.46. The normalized spacial score (nSPS) is 21.5. The van der Waals surface area contributed by atoms with Gasteiger partial charge in [0, 0.05) is 37.6 Å². The average Bonchev–Trinajstić information content (AvgIpc) is 3.75. The van der Waals surface area contributed by atoms with Crippen molar-refractivity contribution >= 4 is 22.6 Å². The van der Waals surface area contributed by atoms with Gasteiger partial charge in [0.05, 0.1) is 11.1 Å². The van der Waals surface area contributed by atoms with E-state index < -0.39 is 0 Å². The predicted molar refractivity (Wildman–Crippen MR) is 144 cm³/mol. The maximum absolute atomic E-state index is 14.2. The number of carbonyl (C=O) groups is 1. The molecule has 5 heterocycles. The number of rotatable bonds is 5. The first kappa shape index (κ1) is 22.8. The quantitative estimate of drug-likeness (QED) is 0.497. The molecule has 192 valence electrons. The summed E-state index contributed by atoms with van der Waals surface area (Å²) in [7, 11) is 0. The molecule has 1 atom stereocenters. The Morgan fingerprint density at radius 2 is 1.59 bits per heavy atom. The summed E-state index contributed by atoms with van der Waals surface area (Å²) in [5, 5.41) is 0.926. The fourth-order valence-corrected chi connectivity index (χ4v) is 6.46. The number of likely N-dealkylation sites (tertiary alicyclic amines) is 2. The summed E-state index contributed by atoms with van der Waals surface area (Å²) in [5.41, 5.74) is 3.75. The number of benzene rings is 2. The molecule has 0 N–H and O–H groups in total. The lowest BCUT2D eigenvalue weighted by Crippen LogP contribution is -2.42. The Morgan fingerprint density at radius 1 is 0.838 bits per heavy atom. The molecule has 4 aliphatic rings. The number of pyridine rings is 1. The molecule has 4 aliphatic heterocycles. The van der Waals surface area contributed by atoms with Crippen LogP contribution in [-0.2, 0) is 0 Å². The third kappa shape index (κ3) is 4.29. The van der Waals surface area contributed by atoms with Crippen molar-refractivity contribution in [2.24, 2.45) is 0 Å². The number of anilines is 1. The summed E-state index contributed by atoms with van der Waals surface area (Å²) in [5.74, 6) is 2.62. The number of amides is 1. The highest BCUT2D eigenvalue weighted by Gasteiger charge is 2.33. The Bertz CT molecular complexity index is 1330. The predicted octanol–water partition coefficient (Wildman–Crippen LogP) is 4.93.